The Labute approximate surface area is 149 Å². The summed E-state index contributed by atoms with van der Waals surface area (Å²) < 4.78 is 0. The molecule has 3 aromatic carbocycles. The highest BCUT2D eigenvalue weighted by atomic mass is 16.1. The van der Waals surface area contributed by atoms with E-state index in [1.54, 1.807) is 0 Å². The summed E-state index contributed by atoms with van der Waals surface area (Å²) >= 11 is 0. The predicted molar refractivity (Wildman–Crippen MR) is 106 cm³/mol. The molecule has 0 unspecified atom stereocenters. The van der Waals surface area contributed by atoms with Crippen LogP contribution in [0.3, 0.4) is 0 Å². The SMILES string of the molecule is CC(C)CC(=O)Nc1cccc(NCc2cccc3ccccc23)c1. The molecular formula is C22H24N2O. The van der Waals surface area contributed by atoms with E-state index in [-0.39, 0.29) is 5.91 Å². The Morgan fingerprint density at radius 1 is 0.920 bits per heavy atom. The zero-order chi connectivity index (χ0) is 17.6. The van der Waals surface area contributed by atoms with E-state index in [0.717, 1.165) is 17.9 Å². The lowest BCUT2D eigenvalue weighted by Gasteiger charge is -2.12. The molecule has 0 spiro atoms. The normalized spacial score (nSPS) is 10.8. The Kier molecular flexibility index (Phi) is 5.34. The molecule has 0 radical (unpaired) electrons. The summed E-state index contributed by atoms with van der Waals surface area (Å²) in [4.78, 5) is 11.9. The van der Waals surface area contributed by atoms with Crippen molar-refractivity contribution in [3.8, 4) is 0 Å². The molecule has 3 nitrogen and oxygen atoms in total. The zero-order valence-electron chi connectivity index (χ0n) is 14.8. The second kappa shape index (κ2) is 7.84. The second-order valence-corrected chi connectivity index (χ2v) is 6.72. The maximum absolute atomic E-state index is 11.9. The Balaban J connectivity index is 1.69. The third kappa shape index (κ3) is 4.60. The molecule has 0 fully saturated rings. The molecule has 0 heterocycles. The van der Waals surface area contributed by atoms with E-state index in [4.69, 9.17) is 0 Å². The van der Waals surface area contributed by atoms with Crippen LogP contribution in [0.2, 0.25) is 0 Å². The molecule has 0 aromatic heterocycles. The van der Waals surface area contributed by atoms with E-state index in [1.165, 1.54) is 16.3 Å². The first-order valence-electron chi connectivity index (χ1n) is 8.72. The number of anilines is 2. The Morgan fingerprint density at radius 2 is 1.64 bits per heavy atom. The minimum atomic E-state index is 0.0567. The molecule has 0 saturated heterocycles. The number of rotatable bonds is 6. The fraction of sp³-hybridized carbons (Fsp3) is 0.227. The van der Waals surface area contributed by atoms with Crippen molar-refractivity contribution in [3.05, 3.63) is 72.3 Å². The summed E-state index contributed by atoms with van der Waals surface area (Å²) in [5, 5.41) is 8.93. The number of amides is 1. The van der Waals surface area contributed by atoms with E-state index in [9.17, 15) is 4.79 Å². The molecule has 0 aliphatic heterocycles. The predicted octanol–water partition coefficient (Wildman–Crippen LogP) is 5.44. The average molecular weight is 332 g/mol. The molecule has 0 aliphatic rings. The van der Waals surface area contributed by atoms with Crippen molar-refractivity contribution in [2.75, 3.05) is 10.6 Å². The summed E-state index contributed by atoms with van der Waals surface area (Å²) in [6, 6.07) is 22.6. The highest BCUT2D eigenvalue weighted by Gasteiger charge is 2.06. The van der Waals surface area contributed by atoms with E-state index < -0.39 is 0 Å². The van der Waals surface area contributed by atoms with E-state index >= 15 is 0 Å². The summed E-state index contributed by atoms with van der Waals surface area (Å²) in [6.07, 6.45) is 0.535. The van der Waals surface area contributed by atoms with Crippen molar-refractivity contribution in [1.82, 2.24) is 0 Å². The van der Waals surface area contributed by atoms with Gasteiger partial charge < -0.3 is 10.6 Å². The van der Waals surface area contributed by atoms with Crippen LogP contribution in [0.15, 0.2) is 66.7 Å². The van der Waals surface area contributed by atoms with Gasteiger partial charge in [-0.15, -0.1) is 0 Å². The number of carbonyl (C=O) groups excluding carboxylic acids is 1. The fourth-order valence-electron chi connectivity index (χ4n) is 2.93. The van der Waals surface area contributed by atoms with Gasteiger partial charge in [0.05, 0.1) is 0 Å². The minimum Gasteiger partial charge on any atom is -0.381 e. The quantitative estimate of drug-likeness (QED) is 0.631. The highest BCUT2D eigenvalue weighted by Crippen LogP contribution is 2.21. The van der Waals surface area contributed by atoms with Gasteiger partial charge >= 0.3 is 0 Å². The third-order valence-electron chi connectivity index (χ3n) is 4.10. The Hall–Kier alpha value is -2.81. The lowest BCUT2D eigenvalue weighted by molar-refractivity contribution is -0.116. The third-order valence-corrected chi connectivity index (χ3v) is 4.10. The molecule has 0 atom stereocenters. The molecule has 0 saturated carbocycles. The number of carbonyl (C=O) groups is 1. The number of hydrogen-bond acceptors (Lipinski definition) is 2. The van der Waals surface area contributed by atoms with Crippen molar-refractivity contribution in [1.29, 1.82) is 0 Å². The van der Waals surface area contributed by atoms with Gasteiger partial charge in [0.1, 0.15) is 0 Å². The highest BCUT2D eigenvalue weighted by molar-refractivity contribution is 5.91. The maximum Gasteiger partial charge on any atom is 0.224 e. The first-order chi connectivity index (χ1) is 12.1. The van der Waals surface area contributed by atoms with Gasteiger partial charge in [-0.1, -0.05) is 62.4 Å². The van der Waals surface area contributed by atoms with Gasteiger partial charge in [-0.3, -0.25) is 4.79 Å². The molecule has 3 rings (SSSR count). The standard InChI is InChI=1S/C22H24N2O/c1-16(2)13-22(25)24-20-11-6-10-19(14-20)23-15-18-9-5-8-17-7-3-4-12-21(17)18/h3-12,14,16,23H,13,15H2,1-2H3,(H,24,25). The topological polar surface area (TPSA) is 41.1 Å². The lowest BCUT2D eigenvalue weighted by Crippen LogP contribution is -2.13. The van der Waals surface area contributed by atoms with Crippen LogP contribution in [-0.4, -0.2) is 5.91 Å². The molecular weight excluding hydrogens is 308 g/mol. The fourth-order valence-corrected chi connectivity index (χ4v) is 2.93. The van der Waals surface area contributed by atoms with Crippen LogP contribution >= 0.6 is 0 Å². The molecule has 3 aromatic rings. The minimum absolute atomic E-state index is 0.0567. The monoisotopic (exact) mass is 332 g/mol. The average Bonchev–Trinajstić information content (AvgIpc) is 2.59. The summed E-state index contributed by atoms with van der Waals surface area (Å²) in [6.45, 7) is 4.83. The van der Waals surface area contributed by atoms with E-state index in [0.29, 0.717) is 12.3 Å². The van der Waals surface area contributed by atoms with Crippen LogP contribution < -0.4 is 10.6 Å². The van der Waals surface area contributed by atoms with Gasteiger partial charge in [-0.25, -0.2) is 0 Å². The molecule has 0 bridgehead atoms. The van der Waals surface area contributed by atoms with Crippen molar-refractivity contribution in [2.45, 2.75) is 26.8 Å². The van der Waals surface area contributed by atoms with Crippen molar-refractivity contribution in [3.63, 3.8) is 0 Å². The van der Waals surface area contributed by atoms with Crippen molar-refractivity contribution >= 4 is 28.1 Å². The van der Waals surface area contributed by atoms with Crippen LogP contribution in [0.4, 0.5) is 11.4 Å². The lowest BCUT2D eigenvalue weighted by atomic mass is 10.0. The molecule has 2 N–H and O–H groups in total. The molecule has 128 valence electrons. The zero-order valence-corrected chi connectivity index (χ0v) is 14.8. The molecule has 3 heteroatoms. The first kappa shape index (κ1) is 17.0. The van der Waals surface area contributed by atoms with Crippen LogP contribution in [0.1, 0.15) is 25.8 Å². The largest absolute Gasteiger partial charge is 0.381 e. The van der Waals surface area contributed by atoms with E-state index in [2.05, 4.69) is 53.1 Å². The molecule has 25 heavy (non-hydrogen) atoms. The number of hydrogen-bond donors (Lipinski definition) is 2. The first-order valence-corrected chi connectivity index (χ1v) is 8.72. The summed E-state index contributed by atoms with van der Waals surface area (Å²) in [5.74, 6) is 0.411. The van der Waals surface area contributed by atoms with Gasteiger partial charge in [0.15, 0.2) is 0 Å². The molecule has 1 amide bonds. The van der Waals surface area contributed by atoms with Gasteiger partial charge in [0.2, 0.25) is 5.91 Å². The van der Waals surface area contributed by atoms with Crippen molar-refractivity contribution < 1.29 is 4.79 Å². The summed E-state index contributed by atoms with van der Waals surface area (Å²) in [5.41, 5.74) is 3.08. The van der Waals surface area contributed by atoms with Gasteiger partial charge in [0.25, 0.3) is 0 Å². The van der Waals surface area contributed by atoms with Gasteiger partial charge in [0, 0.05) is 24.3 Å². The van der Waals surface area contributed by atoms with E-state index in [1.807, 2.05) is 38.1 Å². The summed E-state index contributed by atoms with van der Waals surface area (Å²) in [7, 11) is 0. The van der Waals surface area contributed by atoms with Crippen molar-refractivity contribution in [2.24, 2.45) is 5.92 Å². The van der Waals surface area contributed by atoms with Gasteiger partial charge in [-0.2, -0.15) is 0 Å². The Bertz CT molecular complexity index is 865. The van der Waals surface area contributed by atoms with Crippen LogP contribution in [-0.2, 0) is 11.3 Å². The van der Waals surface area contributed by atoms with Crippen LogP contribution in [0.5, 0.6) is 0 Å². The number of nitrogens with one attached hydrogen (secondary N) is 2. The smallest absolute Gasteiger partial charge is 0.224 e. The van der Waals surface area contributed by atoms with Crippen LogP contribution in [0.25, 0.3) is 10.8 Å². The second-order valence-electron chi connectivity index (χ2n) is 6.72. The number of fused-ring (bicyclic) bond motifs is 1. The Morgan fingerprint density at radius 3 is 2.48 bits per heavy atom. The maximum atomic E-state index is 11.9. The van der Waals surface area contributed by atoms with Crippen LogP contribution in [0, 0.1) is 5.92 Å². The molecule has 0 aliphatic carbocycles. The number of benzene rings is 3. The van der Waals surface area contributed by atoms with Gasteiger partial charge in [-0.05, 0) is 40.5 Å².